The molecule has 0 atom stereocenters. The number of carbonyl (C=O) groups is 2. The Morgan fingerprint density at radius 1 is 1.06 bits per heavy atom. The molecule has 0 aliphatic rings. The lowest BCUT2D eigenvalue weighted by Crippen LogP contribution is -2.21. The molecule has 0 bridgehead atoms. The highest BCUT2D eigenvalue weighted by atomic mass is 19.3. The van der Waals surface area contributed by atoms with E-state index in [1.165, 1.54) is 31.4 Å². The van der Waals surface area contributed by atoms with E-state index in [2.05, 4.69) is 10.1 Å². The van der Waals surface area contributed by atoms with E-state index in [1.54, 1.807) is 0 Å². The third-order valence-corrected chi connectivity index (χ3v) is 4.42. The van der Waals surface area contributed by atoms with Gasteiger partial charge in [-0.3, -0.25) is 4.79 Å². The van der Waals surface area contributed by atoms with Gasteiger partial charge in [0.1, 0.15) is 0 Å². The summed E-state index contributed by atoms with van der Waals surface area (Å²) < 4.78 is 39.1. The first-order valence-electron chi connectivity index (χ1n) is 9.76. The molecule has 0 aromatic heterocycles. The van der Waals surface area contributed by atoms with Crippen LogP contribution in [0.25, 0.3) is 6.08 Å². The number of anilines is 1. The van der Waals surface area contributed by atoms with Crippen LogP contribution in [-0.4, -0.2) is 32.2 Å². The van der Waals surface area contributed by atoms with Gasteiger partial charge in [-0.15, -0.1) is 0 Å². The fourth-order valence-corrected chi connectivity index (χ4v) is 2.91. The highest BCUT2D eigenvalue weighted by molar-refractivity contribution is 5.95. The first kappa shape index (κ1) is 23.9. The highest BCUT2D eigenvalue weighted by Gasteiger charge is 2.12. The lowest BCUT2D eigenvalue weighted by atomic mass is 10.0. The molecule has 166 valence electrons. The maximum absolute atomic E-state index is 12.4. The SMILES string of the molecule is CCc1cccc(CC)c1NC(=O)COC(=O)/C=C/c1ccc(OC(F)F)c(OC)c1. The maximum atomic E-state index is 12.4. The van der Waals surface area contributed by atoms with Crippen molar-refractivity contribution in [2.45, 2.75) is 33.3 Å². The number of para-hydroxylation sites is 1. The van der Waals surface area contributed by atoms with Gasteiger partial charge in [0.25, 0.3) is 5.91 Å². The van der Waals surface area contributed by atoms with Gasteiger partial charge in [0.15, 0.2) is 18.1 Å². The molecule has 1 amide bonds. The summed E-state index contributed by atoms with van der Waals surface area (Å²) in [5.74, 6) is -1.18. The first-order valence-corrected chi connectivity index (χ1v) is 9.76. The summed E-state index contributed by atoms with van der Waals surface area (Å²) in [5, 5.41) is 2.82. The van der Waals surface area contributed by atoms with Crippen LogP contribution in [0.15, 0.2) is 42.5 Å². The number of ether oxygens (including phenoxy) is 3. The molecule has 1 N–H and O–H groups in total. The fraction of sp³-hybridized carbons (Fsp3) is 0.304. The van der Waals surface area contributed by atoms with E-state index < -0.39 is 25.1 Å². The van der Waals surface area contributed by atoms with E-state index in [4.69, 9.17) is 9.47 Å². The summed E-state index contributed by atoms with van der Waals surface area (Å²) in [5.41, 5.74) is 3.27. The number of hydrogen-bond donors (Lipinski definition) is 1. The number of aryl methyl sites for hydroxylation is 2. The van der Waals surface area contributed by atoms with Gasteiger partial charge < -0.3 is 19.5 Å². The Bertz CT molecular complexity index is 921. The first-order chi connectivity index (χ1) is 14.9. The predicted octanol–water partition coefficient (Wildman–Crippen LogP) is 4.62. The van der Waals surface area contributed by atoms with Crippen molar-refractivity contribution in [3.05, 3.63) is 59.2 Å². The predicted molar refractivity (Wildman–Crippen MR) is 113 cm³/mol. The van der Waals surface area contributed by atoms with Crippen LogP contribution in [-0.2, 0) is 27.2 Å². The quantitative estimate of drug-likeness (QED) is 0.437. The Hall–Kier alpha value is -3.42. The van der Waals surface area contributed by atoms with Gasteiger partial charge in [-0.25, -0.2) is 4.79 Å². The normalized spacial score (nSPS) is 10.9. The average molecular weight is 433 g/mol. The minimum atomic E-state index is -2.98. The Kier molecular flexibility index (Phi) is 8.99. The smallest absolute Gasteiger partial charge is 0.387 e. The van der Waals surface area contributed by atoms with E-state index in [0.29, 0.717) is 5.56 Å². The standard InChI is InChI=1S/C23H25F2NO5/c1-4-16-7-6-8-17(5-2)22(16)26-20(27)14-30-21(28)12-10-15-9-11-18(31-23(24)25)19(13-15)29-3/h6-13,23H,4-5,14H2,1-3H3,(H,26,27)/b12-10+. The van der Waals surface area contributed by atoms with Crippen molar-refractivity contribution < 1.29 is 32.6 Å². The number of methoxy groups -OCH3 is 1. The molecule has 2 aromatic rings. The molecular weight excluding hydrogens is 408 g/mol. The molecule has 6 nitrogen and oxygen atoms in total. The molecule has 0 aliphatic heterocycles. The summed E-state index contributed by atoms with van der Waals surface area (Å²) >= 11 is 0. The fourth-order valence-electron chi connectivity index (χ4n) is 2.91. The van der Waals surface area contributed by atoms with Crippen LogP contribution in [0, 0.1) is 0 Å². The zero-order valence-corrected chi connectivity index (χ0v) is 17.6. The molecule has 8 heteroatoms. The van der Waals surface area contributed by atoms with Gasteiger partial charge in [-0.05, 0) is 47.7 Å². The highest BCUT2D eigenvalue weighted by Crippen LogP contribution is 2.29. The molecule has 31 heavy (non-hydrogen) atoms. The van der Waals surface area contributed by atoms with Crippen LogP contribution >= 0.6 is 0 Å². The van der Waals surface area contributed by atoms with Crippen molar-refractivity contribution in [2.75, 3.05) is 19.0 Å². The Morgan fingerprint density at radius 3 is 2.32 bits per heavy atom. The summed E-state index contributed by atoms with van der Waals surface area (Å²) in [6, 6.07) is 10.0. The lowest BCUT2D eigenvalue weighted by molar-refractivity contribution is -0.142. The number of amides is 1. The van der Waals surface area contributed by atoms with Crippen molar-refractivity contribution in [1.82, 2.24) is 0 Å². The molecule has 0 saturated heterocycles. The number of carbonyl (C=O) groups excluding carboxylic acids is 2. The molecule has 0 aliphatic carbocycles. The summed E-state index contributed by atoms with van der Waals surface area (Å²) in [4.78, 5) is 24.2. The third kappa shape index (κ3) is 7.09. The molecule has 0 spiro atoms. The molecule has 2 rings (SSSR count). The van der Waals surface area contributed by atoms with E-state index >= 15 is 0 Å². The van der Waals surface area contributed by atoms with Gasteiger partial charge >= 0.3 is 12.6 Å². The summed E-state index contributed by atoms with van der Waals surface area (Å²) in [6.45, 7) is 0.580. The Balaban J connectivity index is 1.95. The number of halogens is 2. The van der Waals surface area contributed by atoms with Crippen molar-refractivity contribution in [3.8, 4) is 11.5 Å². The molecule has 0 unspecified atom stereocenters. The van der Waals surface area contributed by atoms with Gasteiger partial charge in [0.2, 0.25) is 0 Å². The molecule has 0 saturated carbocycles. The number of alkyl halides is 2. The van der Waals surface area contributed by atoms with Crippen molar-refractivity contribution in [1.29, 1.82) is 0 Å². The molecule has 2 aromatic carbocycles. The second-order valence-electron chi connectivity index (χ2n) is 6.44. The summed E-state index contributed by atoms with van der Waals surface area (Å²) in [6.07, 6.45) is 4.07. The number of nitrogens with one attached hydrogen (secondary N) is 1. The zero-order chi connectivity index (χ0) is 22.8. The second kappa shape index (κ2) is 11.7. The molecular formula is C23H25F2NO5. The van der Waals surface area contributed by atoms with Crippen LogP contribution in [0.2, 0.25) is 0 Å². The maximum Gasteiger partial charge on any atom is 0.387 e. The van der Waals surface area contributed by atoms with E-state index in [-0.39, 0.29) is 11.5 Å². The van der Waals surface area contributed by atoms with E-state index in [1.807, 2.05) is 32.0 Å². The zero-order valence-electron chi connectivity index (χ0n) is 17.6. The van der Waals surface area contributed by atoms with Gasteiger partial charge in [-0.1, -0.05) is 38.1 Å². The number of benzene rings is 2. The van der Waals surface area contributed by atoms with Crippen molar-refractivity contribution in [2.24, 2.45) is 0 Å². The molecule has 0 fully saturated rings. The topological polar surface area (TPSA) is 73.9 Å². The molecule has 0 heterocycles. The van der Waals surface area contributed by atoms with Crippen LogP contribution in [0.4, 0.5) is 14.5 Å². The average Bonchev–Trinajstić information content (AvgIpc) is 2.76. The molecule has 0 radical (unpaired) electrons. The largest absolute Gasteiger partial charge is 0.493 e. The minimum Gasteiger partial charge on any atom is -0.493 e. The second-order valence-corrected chi connectivity index (χ2v) is 6.44. The third-order valence-electron chi connectivity index (χ3n) is 4.42. The Labute approximate surface area is 179 Å². The van der Waals surface area contributed by atoms with Crippen LogP contribution in [0.1, 0.15) is 30.5 Å². The summed E-state index contributed by atoms with van der Waals surface area (Å²) in [7, 11) is 1.31. The monoisotopic (exact) mass is 433 g/mol. The van der Waals surface area contributed by atoms with Crippen LogP contribution in [0.3, 0.4) is 0 Å². The lowest BCUT2D eigenvalue weighted by Gasteiger charge is -2.14. The van der Waals surface area contributed by atoms with Gasteiger partial charge in [-0.2, -0.15) is 8.78 Å². The van der Waals surface area contributed by atoms with Gasteiger partial charge in [0, 0.05) is 11.8 Å². The van der Waals surface area contributed by atoms with Gasteiger partial charge in [0.05, 0.1) is 7.11 Å². The number of esters is 1. The van der Waals surface area contributed by atoms with E-state index in [9.17, 15) is 18.4 Å². The minimum absolute atomic E-state index is 0.0940. The Morgan fingerprint density at radius 2 is 1.74 bits per heavy atom. The number of rotatable bonds is 10. The number of hydrogen-bond acceptors (Lipinski definition) is 5. The van der Waals surface area contributed by atoms with E-state index in [0.717, 1.165) is 35.7 Å². The van der Waals surface area contributed by atoms with Crippen LogP contribution < -0.4 is 14.8 Å². The van der Waals surface area contributed by atoms with Crippen molar-refractivity contribution >= 4 is 23.6 Å². The van der Waals surface area contributed by atoms with Crippen molar-refractivity contribution in [3.63, 3.8) is 0 Å². The van der Waals surface area contributed by atoms with Crippen LogP contribution in [0.5, 0.6) is 11.5 Å².